The fourth-order valence-electron chi connectivity index (χ4n) is 2.38. The predicted molar refractivity (Wildman–Crippen MR) is 72.9 cm³/mol. The molecule has 4 nitrogen and oxygen atoms in total. The van der Waals surface area contributed by atoms with E-state index in [2.05, 4.69) is 5.32 Å². The number of aliphatic hydroxyl groups is 1. The number of carbonyl (C=O) groups excluding carboxylic acids is 1. The largest absolute Gasteiger partial charge is 0.484 e. The lowest BCUT2D eigenvalue weighted by Crippen LogP contribution is -2.44. The van der Waals surface area contributed by atoms with E-state index in [0.717, 1.165) is 32.1 Å². The second-order valence-electron chi connectivity index (χ2n) is 5.12. The quantitative estimate of drug-likeness (QED) is 0.830. The van der Waals surface area contributed by atoms with Crippen molar-refractivity contribution < 1.29 is 19.0 Å². The number of rotatable bonds is 4. The lowest BCUT2D eigenvalue weighted by Gasteiger charge is -2.21. The Labute approximate surface area is 117 Å². The second kappa shape index (κ2) is 7.24. The molecule has 2 unspecified atom stereocenters. The number of amides is 1. The highest BCUT2D eigenvalue weighted by Crippen LogP contribution is 2.18. The Bertz CT molecular complexity index is 435. The number of ether oxygens (including phenoxy) is 1. The van der Waals surface area contributed by atoms with Gasteiger partial charge in [-0.3, -0.25) is 4.79 Å². The molecular formula is C15H20FNO3. The summed E-state index contributed by atoms with van der Waals surface area (Å²) in [7, 11) is 0. The molecule has 0 aliphatic heterocycles. The smallest absolute Gasteiger partial charge is 0.258 e. The zero-order valence-corrected chi connectivity index (χ0v) is 11.3. The minimum atomic E-state index is -0.479. The SMILES string of the molecule is O=C(COc1ccc(F)cc1)NC1CCCCCC1O. The summed E-state index contributed by atoms with van der Waals surface area (Å²) in [5.74, 6) is -0.161. The minimum absolute atomic E-state index is 0.130. The predicted octanol–water partition coefficient (Wildman–Crippen LogP) is 2.01. The molecule has 0 bridgehead atoms. The first-order valence-electron chi connectivity index (χ1n) is 7.01. The van der Waals surface area contributed by atoms with E-state index in [4.69, 9.17) is 4.74 Å². The van der Waals surface area contributed by atoms with Crippen LogP contribution in [0.5, 0.6) is 5.75 Å². The molecule has 1 fully saturated rings. The van der Waals surface area contributed by atoms with Gasteiger partial charge in [-0.25, -0.2) is 4.39 Å². The molecule has 1 aromatic rings. The summed E-state index contributed by atoms with van der Waals surface area (Å²) >= 11 is 0. The molecule has 0 heterocycles. The summed E-state index contributed by atoms with van der Waals surface area (Å²) in [6.45, 7) is -0.130. The van der Waals surface area contributed by atoms with Gasteiger partial charge in [0.1, 0.15) is 11.6 Å². The van der Waals surface area contributed by atoms with Crippen molar-refractivity contribution in [3.8, 4) is 5.75 Å². The van der Waals surface area contributed by atoms with Gasteiger partial charge in [0.25, 0.3) is 5.91 Å². The molecule has 1 amide bonds. The molecule has 110 valence electrons. The topological polar surface area (TPSA) is 58.6 Å². The molecule has 0 saturated heterocycles. The summed E-state index contributed by atoms with van der Waals surface area (Å²) in [6, 6.07) is 5.32. The van der Waals surface area contributed by atoms with E-state index < -0.39 is 6.10 Å². The van der Waals surface area contributed by atoms with Crippen molar-refractivity contribution in [2.75, 3.05) is 6.61 Å². The Morgan fingerprint density at radius 2 is 1.95 bits per heavy atom. The summed E-state index contributed by atoms with van der Waals surface area (Å²) in [5.41, 5.74) is 0. The zero-order chi connectivity index (χ0) is 14.4. The molecule has 1 aromatic carbocycles. The normalized spacial score (nSPS) is 22.9. The van der Waals surface area contributed by atoms with Crippen LogP contribution in [0.3, 0.4) is 0 Å². The Morgan fingerprint density at radius 1 is 1.25 bits per heavy atom. The maximum absolute atomic E-state index is 12.7. The Kier molecular flexibility index (Phi) is 5.35. The number of hydrogen-bond donors (Lipinski definition) is 2. The standard InChI is InChI=1S/C15H20FNO3/c16-11-6-8-12(9-7-11)20-10-15(19)17-13-4-2-1-3-5-14(13)18/h6-9,13-14,18H,1-5,10H2,(H,17,19). The monoisotopic (exact) mass is 281 g/mol. The van der Waals surface area contributed by atoms with Crippen molar-refractivity contribution in [3.63, 3.8) is 0 Å². The summed E-state index contributed by atoms with van der Waals surface area (Å²) < 4.78 is 18.0. The highest BCUT2D eigenvalue weighted by Gasteiger charge is 2.23. The average molecular weight is 281 g/mol. The van der Waals surface area contributed by atoms with E-state index in [1.807, 2.05) is 0 Å². The Morgan fingerprint density at radius 3 is 2.70 bits per heavy atom. The van der Waals surface area contributed by atoms with E-state index in [1.165, 1.54) is 24.3 Å². The van der Waals surface area contributed by atoms with Crippen LogP contribution in [-0.2, 0) is 4.79 Å². The van der Waals surface area contributed by atoms with Gasteiger partial charge in [-0.05, 0) is 37.1 Å². The maximum atomic E-state index is 12.7. The number of nitrogens with one attached hydrogen (secondary N) is 1. The third-order valence-electron chi connectivity index (χ3n) is 3.51. The highest BCUT2D eigenvalue weighted by atomic mass is 19.1. The Hall–Kier alpha value is -1.62. The van der Waals surface area contributed by atoms with Crippen molar-refractivity contribution in [3.05, 3.63) is 30.1 Å². The molecule has 0 spiro atoms. The van der Waals surface area contributed by atoms with Crippen LogP contribution in [0, 0.1) is 5.82 Å². The molecular weight excluding hydrogens is 261 g/mol. The minimum Gasteiger partial charge on any atom is -0.484 e. The maximum Gasteiger partial charge on any atom is 0.258 e. The van der Waals surface area contributed by atoms with E-state index in [1.54, 1.807) is 0 Å². The lowest BCUT2D eigenvalue weighted by molar-refractivity contribution is -0.124. The molecule has 1 saturated carbocycles. The van der Waals surface area contributed by atoms with Gasteiger partial charge in [-0.15, -0.1) is 0 Å². The van der Waals surface area contributed by atoms with Crippen LogP contribution in [0.25, 0.3) is 0 Å². The van der Waals surface area contributed by atoms with Gasteiger partial charge in [-0.2, -0.15) is 0 Å². The molecule has 1 aliphatic carbocycles. The van der Waals surface area contributed by atoms with Gasteiger partial charge in [0.2, 0.25) is 0 Å². The van der Waals surface area contributed by atoms with Crippen LogP contribution < -0.4 is 10.1 Å². The molecule has 2 atom stereocenters. The van der Waals surface area contributed by atoms with Crippen LogP contribution in [0.2, 0.25) is 0 Å². The average Bonchev–Trinajstić information content (AvgIpc) is 2.64. The fourth-order valence-corrected chi connectivity index (χ4v) is 2.38. The molecule has 0 aromatic heterocycles. The van der Waals surface area contributed by atoms with E-state index >= 15 is 0 Å². The number of aliphatic hydroxyl groups excluding tert-OH is 1. The zero-order valence-electron chi connectivity index (χ0n) is 11.3. The molecule has 2 N–H and O–H groups in total. The van der Waals surface area contributed by atoms with E-state index in [0.29, 0.717) is 5.75 Å². The number of halogens is 1. The van der Waals surface area contributed by atoms with Gasteiger partial charge in [0.05, 0.1) is 12.1 Å². The van der Waals surface area contributed by atoms with Crippen molar-refractivity contribution in [1.82, 2.24) is 5.32 Å². The molecule has 0 radical (unpaired) electrons. The van der Waals surface area contributed by atoms with Crippen molar-refractivity contribution in [2.45, 2.75) is 44.2 Å². The number of benzene rings is 1. The van der Waals surface area contributed by atoms with Gasteiger partial charge < -0.3 is 15.2 Å². The van der Waals surface area contributed by atoms with Crippen molar-refractivity contribution in [1.29, 1.82) is 0 Å². The lowest BCUT2D eigenvalue weighted by atomic mass is 10.1. The van der Waals surface area contributed by atoms with Gasteiger partial charge in [0, 0.05) is 0 Å². The number of carbonyl (C=O) groups is 1. The van der Waals surface area contributed by atoms with Crippen LogP contribution in [-0.4, -0.2) is 29.8 Å². The van der Waals surface area contributed by atoms with Gasteiger partial charge in [-0.1, -0.05) is 19.3 Å². The van der Waals surface area contributed by atoms with E-state index in [9.17, 15) is 14.3 Å². The molecule has 1 aliphatic rings. The van der Waals surface area contributed by atoms with Gasteiger partial charge >= 0.3 is 0 Å². The third kappa shape index (κ3) is 4.49. The van der Waals surface area contributed by atoms with Crippen LogP contribution in [0.1, 0.15) is 32.1 Å². The van der Waals surface area contributed by atoms with Gasteiger partial charge in [0.15, 0.2) is 6.61 Å². The second-order valence-corrected chi connectivity index (χ2v) is 5.12. The highest BCUT2D eigenvalue weighted by molar-refractivity contribution is 5.77. The first-order valence-corrected chi connectivity index (χ1v) is 7.01. The van der Waals surface area contributed by atoms with E-state index in [-0.39, 0.29) is 24.4 Å². The first-order chi connectivity index (χ1) is 9.65. The third-order valence-corrected chi connectivity index (χ3v) is 3.51. The van der Waals surface area contributed by atoms with Crippen LogP contribution in [0.15, 0.2) is 24.3 Å². The van der Waals surface area contributed by atoms with Crippen LogP contribution >= 0.6 is 0 Å². The summed E-state index contributed by atoms with van der Waals surface area (Å²) in [4.78, 5) is 11.8. The van der Waals surface area contributed by atoms with Crippen molar-refractivity contribution >= 4 is 5.91 Å². The summed E-state index contributed by atoms with van der Waals surface area (Å²) in [5, 5.41) is 12.7. The summed E-state index contributed by atoms with van der Waals surface area (Å²) in [6.07, 6.45) is 4.15. The molecule has 5 heteroatoms. The molecule has 2 rings (SSSR count). The van der Waals surface area contributed by atoms with Crippen molar-refractivity contribution in [2.24, 2.45) is 0 Å². The fraction of sp³-hybridized carbons (Fsp3) is 0.533. The first kappa shape index (κ1) is 14.8. The Balaban J connectivity index is 1.78. The number of hydrogen-bond acceptors (Lipinski definition) is 3. The van der Waals surface area contributed by atoms with Crippen LogP contribution in [0.4, 0.5) is 4.39 Å². The molecule has 20 heavy (non-hydrogen) atoms.